The van der Waals surface area contributed by atoms with Crippen LogP contribution >= 0.6 is 0 Å². The molecule has 0 unspecified atom stereocenters. The van der Waals surface area contributed by atoms with Crippen LogP contribution in [0, 0.1) is 0 Å². The van der Waals surface area contributed by atoms with Crippen LogP contribution in [0.5, 0.6) is 0 Å². The Morgan fingerprint density at radius 3 is 0.472 bits per heavy atom. The first-order valence-electron chi connectivity index (χ1n) is 5.32. The van der Waals surface area contributed by atoms with E-state index in [2.05, 4.69) is 25.7 Å². The van der Waals surface area contributed by atoms with E-state index in [1.807, 2.05) is 0 Å². The maximum atomic E-state index is 9.63. The van der Waals surface area contributed by atoms with Crippen LogP contribution in [-0.2, 0) is 88.1 Å². The third kappa shape index (κ3) is 65.3. The van der Waals surface area contributed by atoms with Crippen LogP contribution in [-0.4, -0.2) is 77.8 Å². The molecule has 0 aliphatic rings. The molecule has 0 aliphatic heterocycles. The summed E-state index contributed by atoms with van der Waals surface area (Å²) < 4.78 is 181. The van der Waals surface area contributed by atoms with Gasteiger partial charge in [-0.25, -0.2) is 0 Å². The molecule has 0 aromatic carbocycles. The smallest absolute Gasteiger partial charge is 1.00 e. The molecular weight excluding hydrogens is 687 g/mol. The zero-order valence-electron chi connectivity index (χ0n) is 20.0. The quantitative estimate of drug-likeness (QED) is 0.0518. The van der Waals surface area contributed by atoms with Gasteiger partial charge in [-0.15, -0.1) is 25.7 Å². The van der Waals surface area contributed by atoms with Crippen molar-refractivity contribution in [2.45, 2.75) is 0 Å². The summed E-state index contributed by atoms with van der Waals surface area (Å²) >= 11 is 0. The normalized spacial score (nSPS) is 12.2. The predicted molar refractivity (Wildman–Crippen MR) is 88.5 cm³/mol. The second-order valence-electron chi connectivity index (χ2n) is 3.32. The van der Waals surface area contributed by atoms with E-state index >= 15 is 0 Å². The van der Waals surface area contributed by atoms with Gasteiger partial charge in [0.15, 0.2) is 0 Å². The minimum absolute atomic E-state index is 0. The van der Waals surface area contributed by atoms with Crippen LogP contribution in [0.2, 0.25) is 0 Å². The number of rotatable bonds is 12. The van der Waals surface area contributed by atoms with Gasteiger partial charge in [-0.3, -0.25) is 27.3 Å². The van der Waals surface area contributed by atoms with E-state index in [9.17, 15) is 50.5 Å². The van der Waals surface area contributed by atoms with Crippen molar-refractivity contribution in [2.24, 2.45) is 0 Å². The van der Waals surface area contributed by atoms with E-state index in [1.54, 1.807) is 0 Å². The van der Waals surface area contributed by atoms with E-state index < -0.39 is 62.4 Å². The molecule has 0 rings (SSSR count). The van der Waals surface area contributed by atoms with Gasteiger partial charge >= 0.3 is 151 Å². The molecule has 0 aromatic heterocycles. The molecule has 0 heterocycles. The van der Waals surface area contributed by atoms with Gasteiger partial charge in [-0.1, -0.05) is 0 Å². The van der Waals surface area contributed by atoms with Crippen molar-refractivity contribution < 1.29 is 196 Å². The molecule has 0 aromatic rings. The van der Waals surface area contributed by atoms with Crippen molar-refractivity contribution in [3.63, 3.8) is 0 Å². The summed E-state index contributed by atoms with van der Waals surface area (Å²) in [5, 5.41) is 0. The standard InChI is InChI=1S/3H3NO8S2.3Na.3H/c3*2-10(3,4)8-1-9-11(5,6)7;;;;;;/h3*1H,(H,2,3,4)(H,5,6,7);;;;;;/q;;;3*+1;3*-1. The molecular formula is H12N3Na3O24S6. The first-order valence-corrected chi connectivity index (χ1v) is 13.5. The molecule has 0 saturated carbocycles. The maximum absolute atomic E-state index is 9.63. The van der Waals surface area contributed by atoms with E-state index in [1.165, 1.54) is 0 Å². The number of hydrogen-bond donors (Lipinski definition) is 9. The molecule has 0 amide bonds. The summed E-state index contributed by atoms with van der Waals surface area (Å²) in [6, 6.07) is 0. The fourth-order valence-corrected chi connectivity index (χ4v) is 1.15. The second kappa shape index (κ2) is 21.8. The minimum Gasteiger partial charge on any atom is -1.00 e. The van der Waals surface area contributed by atoms with Gasteiger partial charge < -0.3 is 4.28 Å². The molecule has 36 heteroatoms. The Bertz CT molecular complexity index is 970. The molecule has 210 valence electrons. The van der Waals surface area contributed by atoms with Gasteiger partial charge in [0.25, 0.3) is 0 Å². The van der Waals surface area contributed by atoms with Gasteiger partial charge in [0.2, 0.25) is 0 Å². The Morgan fingerprint density at radius 2 is 0.417 bits per heavy atom. The van der Waals surface area contributed by atoms with E-state index in [-0.39, 0.29) is 93.0 Å². The Kier molecular flexibility index (Phi) is 30.8. The van der Waals surface area contributed by atoms with E-state index in [0.717, 1.165) is 16.9 Å². The predicted octanol–water partition coefficient (Wildman–Crippen LogP) is -14.5. The maximum Gasteiger partial charge on any atom is 1.00 e. The van der Waals surface area contributed by atoms with E-state index in [0.29, 0.717) is 0 Å². The van der Waals surface area contributed by atoms with Crippen molar-refractivity contribution in [3.05, 3.63) is 0 Å². The van der Waals surface area contributed by atoms with Gasteiger partial charge in [0.05, 0.1) is 0 Å². The summed E-state index contributed by atoms with van der Waals surface area (Å²) in [5.41, 5.74) is 2.37. The summed E-state index contributed by atoms with van der Waals surface area (Å²) in [4.78, 5) is 0. The Labute approximate surface area is 272 Å². The molecule has 0 atom stereocenters. The molecule has 9 N–H and O–H groups in total. The molecule has 36 heavy (non-hydrogen) atoms. The van der Waals surface area contributed by atoms with Gasteiger partial charge in [-0.05, 0) is 16.9 Å². The molecule has 0 spiro atoms. The summed E-state index contributed by atoms with van der Waals surface area (Å²) in [6.45, 7) is 0. The average Bonchev–Trinajstić information content (AvgIpc) is 2.39. The van der Waals surface area contributed by atoms with Crippen LogP contribution < -0.4 is 106 Å². The Morgan fingerprint density at radius 1 is 0.333 bits per heavy atom. The molecule has 27 nitrogen and oxygen atoms in total. The number of nitrogens with one attached hydrogen (secondary N) is 3. The van der Waals surface area contributed by atoms with Crippen molar-refractivity contribution in [1.29, 1.82) is 0 Å². The fourth-order valence-electron chi connectivity index (χ4n) is 0.300. The van der Waals surface area contributed by atoms with Crippen LogP contribution in [0.3, 0.4) is 0 Å². The van der Waals surface area contributed by atoms with Crippen LogP contribution in [0.1, 0.15) is 4.28 Å². The van der Waals surface area contributed by atoms with Crippen molar-refractivity contribution in [1.82, 2.24) is 16.9 Å². The van der Waals surface area contributed by atoms with Crippen molar-refractivity contribution in [2.75, 3.05) is 0 Å². The molecule has 0 bridgehead atoms. The van der Waals surface area contributed by atoms with Gasteiger partial charge in [0, 0.05) is 0 Å². The van der Waals surface area contributed by atoms with Crippen LogP contribution in [0.4, 0.5) is 0 Å². The van der Waals surface area contributed by atoms with Gasteiger partial charge in [0.1, 0.15) is 0 Å². The minimum atomic E-state index is -4.86. The SMILES string of the molecule is O=S(=O)(O)ONOS(=O)(=O)O.O=S(=O)(O)ONOS(=O)(=O)O.O=S(=O)(O)ONOS(=O)(=O)O.[H-].[H-].[H-].[Na+].[Na+].[Na+]. The third-order valence-corrected chi connectivity index (χ3v) is 2.51. The van der Waals surface area contributed by atoms with Gasteiger partial charge in [-0.2, -0.15) is 50.5 Å². The summed E-state index contributed by atoms with van der Waals surface area (Å²) in [5.74, 6) is 0. The van der Waals surface area contributed by atoms with E-state index in [4.69, 9.17) is 27.3 Å². The van der Waals surface area contributed by atoms with Crippen molar-refractivity contribution in [3.8, 4) is 0 Å². The molecule has 0 radical (unpaired) electrons. The summed E-state index contributed by atoms with van der Waals surface area (Å²) in [6.07, 6.45) is 0. The first-order chi connectivity index (χ1) is 14.1. The van der Waals surface area contributed by atoms with Crippen LogP contribution in [0.15, 0.2) is 0 Å². The average molecular weight is 699 g/mol. The molecule has 0 fully saturated rings. The Hall–Kier alpha value is 2.10. The van der Waals surface area contributed by atoms with Crippen LogP contribution in [0.25, 0.3) is 0 Å². The Balaban J connectivity index is -0.0000000459. The molecule has 0 aliphatic carbocycles. The third-order valence-electron chi connectivity index (χ3n) is 0.836. The second-order valence-corrected chi connectivity index (χ2v) is 9.45. The summed E-state index contributed by atoms with van der Waals surface area (Å²) in [7, 11) is -29.1. The molecule has 0 saturated heterocycles. The van der Waals surface area contributed by atoms with Crippen molar-refractivity contribution >= 4 is 62.4 Å². The fraction of sp³-hybridized carbons (Fsp3) is 0. The monoisotopic (exact) mass is 699 g/mol. The number of hydrogen-bond acceptors (Lipinski definition) is 21. The zero-order chi connectivity index (χ0) is 27.4. The topological polar surface area (TPSA) is 418 Å². The zero-order valence-corrected chi connectivity index (χ0v) is 27.9. The first kappa shape index (κ1) is 50.9. The largest absolute Gasteiger partial charge is 1.00 e.